The third kappa shape index (κ3) is 3.88. The van der Waals surface area contributed by atoms with Crippen LogP contribution in [0.25, 0.3) is 11.0 Å². The number of benzene rings is 2. The fraction of sp³-hybridized carbons (Fsp3) is 0.200. The first-order valence-corrected chi connectivity index (χ1v) is 8.12. The molecule has 25 heavy (non-hydrogen) atoms. The van der Waals surface area contributed by atoms with Crippen LogP contribution in [0.15, 0.2) is 53.1 Å². The fourth-order valence-electron chi connectivity index (χ4n) is 2.67. The zero-order chi connectivity index (χ0) is 17.8. The Morgan fingerprint density at radius 1 is 1.00 bits per heavy atom. The highest BCUT2D eigenvalue weighted by Gasteiger charge is 2.13. The number of aryl methyl sites for hydroxylation is 2. The third-order valence-corrected chi connectivity index (χ3v) is 4.20. The van der Waals surface area contributed by atoms with Crippen LogP contribution in [-0.2, 0) is 16.0 Å². The first-order valence-electron chi connectivity index (χ1n) is 8.12. The number of amides is 2. The molecule has 0 fully saturated rings. The third-order valence-electron chi connectivity index (χ3n) is 4.20. The van der Waals surface area contributed by atoms with Crippen molar-refractivity contribution < 1.29 is 14.0 Å². The maximum atomic E-state index is 12.1. The van der Waals surface area contributed by atoms with Gasteiger partial charge in [0.2, 0.25) is 11.8 Å². The number of hydrogen-bond donors (Lipinski definition) is 2. The molecule has 5 heteroatoms. The van der Waals surface area contributed by atoms with E-state index in [4.69, 9.17) is 4.42 Å². The van der Waals surface area contributed by atoms with Gasteiger partial charge in [-0.15, -0.1) is 0 Å². The summed E-state index contributed by atoms with van der Waals surface area (Å²) in [4.78, 5) is 24.0. The van der Waals surface area contributed by atoms with Gasteiger partial charge >= 0.3 is 0 Å². The predicted molar refractivity (Wildman–Crippen MR) is 97.5 cm³/mol. The van der Waals surface area contributed by atoms with E-state index in [1.54, 1.807) is 18.4 Å². The van der Waals surface area contributed by atoms with Crippen LogP contribution in [0.5, 0.6) is 0 Å². The van der Waals surface area contributed by atoms with Gasteiger partial charge < -0.3 is 15.1 Å². The summed E-state index contributed by atoms with van der Waals surface area (Å²) in [5.41, 5.74) is 4.55. The largest absolute Gasteiger partial charge is 0.464 e. The smallest absolute Gasteiger partial charge is 0.243 e. The van der Waals surface area contributed by atoms with Crippen LogP contribution in [-0.4, -0.2) is 18.4 Å². The summed E-state index contributed by atoms with van der Waals surface area (Å²) in [7, 11) is 0. The summed E-state index contributed by atoms with van der Waals surface area (Å²) >= 11 is 0. The van der Waals surface area contributed by atoms with Gasteiger partial charge in [-0.3, -0.25) is 9.59 Å². The van der Waals surface area contributed by atoms with Gasteiger partial charge in [0.1, 0.15) is 5.58 Å². The molecule has 3 aromatic rings. The molecule has 0 saturated heterocycles. The molecule has 0 aliphatic rings. The highest BCUT2D eigenvalue weighted by molar-refractivity contribution is 5.95. The minimum Gasteiger partial charge on any atom is -0.464 e. The summed E-state index contributed by atoms with van der Waals surface area (Å²) in [6.45, 7) is 3.95. The lowest BCUT2D eigenvalue weighted by Crippen LogP contribution is -2.33. The molecule has 0 aliphatic heterocycles. The van der Waals surface area contributed by atoms with Gasteiger partial charge in [-0.2, -0.15) is 0 Å². The molecule has 0 aliphatic carbocycles. The van der Waals surface area contributed by atoms with Crippen LogP contribution in [0.3, 0.4) is 0 Å². The molecule has 0 saturated carbocycles. The Morgan fingerprint density at radius 3 is 2.52 bits per heavy atom. The molecule has 1 aromatic heterocycles. The monoisotopic (exact) mass is 336 g/mol. The van der Waals surface area contributed by atoms with Crippen molar-refractivity contribution in [1.82, 2.24) is 5.32 Å². The van der Waals surface area contributed by atoms with Crippen LogP contribution < -0.4 is 10.6 Å². The molecule has 128 valence electrons. The quantitative estimate of drug-likeness (QED) is 0.750. The van der Waals surface area contributed by atoms with Crippen molar-refractivity contribution in [2.75, 3.05) is 11.9 Å². The lowest BCUT2D eigenvalue weighted by molar-refractivity contribution is -0.123. The molecule has 3 rings (SSSR count). The van der Waals surface area contributed by atoms with Gasteiger partial charge in [0.25, 0.3) is 0 Å². The second-order valence-corrected chi connectivity index (χ2v) is 6.01. The van der Waals surface area contributed by atoms with Crippen molar-refractivity contribution in [2.24, 2.45) is 0 Å². The highest BCUT2D eigenvalue weighted by atomic mass is 16.3. The van der Waals surface area contributed by atoms with E-state index in [9.17, 15) is 9.59 Å². The SMILES string of the molecule is Cc1ccc2c(CC(=O)NCC(=O)Nc3ccccc3)coc2c1C. The van der Waals surface area contributed by atoms with Gasteiger partial charge in [0, 0.05) is 16.6 Å². The molecule has 0 bridgehead atoms. The van der Waals surface area contributed by atoms with Crippen LogP contribution in [0, 0.1) is 13.8 Å². The minimum atomic E-state index is -0.261. The molecular formula is C20H20N2O3. The van der Waals surface area contributed by atoms with E-state index in [0.717, 1.165) is 27.7 Å². The number of hydrogen-bond acceptors (Lipinski definition) is 3. The average molecular weight is 336 g/mol. The van der Waals surface area contributed by atoms with E-state index in [2.05, 4.69) is 10.6 Å². The first-order chi connectivity index (χ1) is 12.0. The molecule has 0 radical (unpaired) electrons. The lowest BCUT2D eigenvalue weighted by Gasteiger charge is -2.06. The number of furan rings is 1. The number of anilines is 1. The molecule has 5 nitrogen and oxygen atoms in total. The summed E-state index contributed by atoms with van der Waals surface area (Å²) in [5, 5.41) is 6.30. The second-order valence-electron chi connectivity index (χ2n) is 6.01. The van der Waals surface area contributed by atoms with Crippen molar-refractivity contribution in [1.29, 1.82) is 0 Å². The summed E-state index contributed by atoms with van der Waals surface area (Å²) in [5.74, 6) is -0.479. The summed E-state index contributed by atoms with van der Waals surface area (Å²) in [6, 6.07) is 13.1. The Bertz CT molecular complexity index is 913. The molecule has 1 heterocycles. The van der Waals surface area contributed by atoms with Crippen molar-refractivity contribution in [3.05, 3.63) is 65.4 Å². The maximum Gasteiger partial charge on any atom is 0.243 e. The Morgan fingerprint density at radius 2 is 1.76 bits per heavy atom. The number of rotatable bonds is 5. The molecular weight excluding hydrogens is 316 g/mol. The zero-order valence-electron chi connectivity index (χ0n) is 14.3. The molecule has 2 N–H and O–H groups in total. The van der Waals surface area contributed by atoms with E-state index in [0.29, 0.717) is 5.69 Å². The van der Waals surface area contributed by atoms with E-state index < -0.39 is 0 Å². The van der Waals surface area contributed by atoms with Crippen molar-refractivity contribution in [3.63, 3.8) is 0 Å². The van der Waals surface area contributed by atoms with Gasteiger partial charge in [-0.05, 0) is 37.1 Å². The molecule has 2 amide bonds. The zero-order valence-corrected chi connectivity index (χ0v) is 14.3. The number of nitrogens with one attached hydrogen (secondary N) is 2. The Kier molecular flexibility index (Phi) is 4.84. The number of fused-ring (bicyclic) bond motifs is 1. The van der Waals surface area contributed by atoms with Crippen molar-refractivity contribution >= 4 is 28.5 Å². The topological polar surface area (TPSA) is 71.3 Å². The van der Waals surface area contributed by atoms with E-state index in [1.807, 2.05) is 44.2 Å². The molecule has 0 unspecified atom stereocenters. The fourth-order valence-corrected chi connectivity index (χ4v) is 2.67. The van der Waals surface area contributed by atoms with Crippen LogP contribution in [0.4, 0.5) is 5.69 Å². The Hall–Kier alpha value is -3.08. The Labute approximate surface area is 146 Å². The van der Waals surface area contributed by atoms with Gasteiger partial charge in [0.15, 0.2) is 0 Å². The molecule has 0 atom stereocenters. The van der Waals surface area contributed by atoms with Crippen LogP contribution in [0.1, 0.15) is 16.7 Å². The number of para-hydroxylation sites is 1. The minimum absolute atomic E-state index is 0.0678. The predicted octanol–water partition coefficient (Wildman–Crippen LogP) is 3.35. The molecule has 2 aromatic carbocycles. The van der Waals surface area contributed by atoms with Crippen LogP contribution >= 0.6 is 0 Å². The van der Waals surface area contributed by atoms with E-state index >= 15 is 0 Å². The van der Waals surface area contributed by atoms with Crippen molar-refractivity contribution in [3.8, 4) is 0 Å². The highest BCUT2D eigenvalue weighted by Crippen LogP contribution is 2.26. The van der Waals surface area contributed by atoms with Crippen LogP contribution in [0.2, 0.25) is 0 Å². The first kappa shape index (κ1) is 16.8. The van der Waals surface area contributed by atoms with Crippen molar-refractivity contribution in [2.45, 2.75) is 20.3 Å². The van der Waals surface area contributed by atoms with Gasteiger partial charge in [-0.25, -0.2) is 0 Å². The maximum absolute atomic E-state index is 12.1. The standard InChI is InChI=1S/C20H20N2O3/c1-13-8-9-17-15(12-25-20(17)14(13)2)10-18(23)21-11-19(24)22-16-6-4-3-5-7-16/h3-9,12H,10-11H2,1-2H3,(H,21,23)(H,22,24). The van der Waals surface area contributed by atoms with Gasteiger partial charge in [-0.1, -0.05) is 30.3 Å². The van der Waals surface area contributed by atoms with E-state index in [-0.39, 0.29) is 24.8 Å². The Balaban J connectivity index is 1.58. The number of carbonyl (C=O) groups is 2. The normalized spacial score (nSPS) is 10.6. The van der Waals surface area contributed by atoms with Gasteiger partial charge in [0.05, 0.1) is 19.2 Å². The number of carbonyl (C=O) groups excluding carboxylic acids is 2. The van der Waals surface area contributed by atoms with E-state index in [1.165, 1.54) is 0 Å². The molecule has 0 spiro atoms. The second kappa shape index (κ2) is 7.21. The lowest BCUT2D eigenvalue weighted by atomic mass is 10.0. The summed E-state index contributed by atoms with van der Waals surface area (Å²) in [6.07, 6.45) is 1.79. The summed E-state index contributed by atoms with van der Waals surface area (Å²) < 4.78 is 5.61. The average Bonchev–Trinajstić information content (AvgIpc) is 3.01.